The van der Waals surface area contributed by atoms with Gasteiger partial charge in [0, 0.05) is 13.1 Å². The number of thiophene rings is 1. The molecular weight excluding hydrogens is 382 g/mol. The molecular formula is C14H11N5O3S3. The molecule has 4 aromatic rings. The molecule has 128 valence electrons. The van der Waals surface area contributed by atoms with Crippen LogP contribution in [0.1, 0.15) is 0 Å². The predicted octanol–water partition coefficient (Wildman–Crippen LogP) is 1.44. The van der Waals surface area contributed by atoms with Crippen LogP contribution >= 0.6 is 23.1 Å². The standard InChI is InChI=1S/C14H11N5O3S3/c20-14-9-4-7-23-13(9)15-8-19(14)6-5-16-25(21,22)11-3-1-2-10-12(11)18-24-17-10/h1-4,7-8,16H,5-6H2. The number of benzene rings is 1. The second kappa shape index (κ2) is 6.26. The largest absolute Gasteiger partial charge is 0.297 e. The van der Waals surface area contributed by atoms with Crippen LogP contribution in [0.15, 0.2) is 45.7 Å². The zero-order valence-corrected chi connectivity index (χ0v) is 15.1. The van der Waals surface area contributed by atoms with Gasteiger partial charge in [-0.2, -0.15) is 8.75 Å². The molecule has 0 bridgehead atoms. The van der Waals surface area contributed by atoms with Gasteiger partial charge in [-0.3, -0.25) is 9.36 Å². The Kier molecular flexibility index (Phi) is 4.07. The maximum Gasteiger partial charge on any atom is 0.262 e. The predicted molar refractivity (Wildman–Crippen MR) is 96.5 cm³/mol. The Labute approximate surface area is 150 Å². The minimum atomic E-state index is -3.75. The quantitative estimate of drug-likeness (QED) is 0.550. The van der Waals surface area contributed by atoms with Crippen LogP contribution in [0.4, 0.5) is 0 Å². The van der Waals surface area contributed by atoms with E-state index < -0.39 is 10.0 Å². The van der Waals surface area contributed by atoms with Crippen LogP contribution < -0.4 is 10.3 Å². The molecule has 0 saturated heterocycles. The van der Waals surface area contributed by atoms with Crippen LogP contribution in [-0.4, -0.2) is 33.3 Å². The van der Waals surface area contributed by atoms with Gasteiger partial charge in [0.15, 0.2) is 0 Å². The van der Waals surface area contributed by atoms with Crippen molar-refractivity contribution >= 4 is 54.3 Å². The third kappa shape index (κ3) is 2.95. The summed E-state index contributed by atoms with van der Waals surface area (Å²) in [6.07, 6.45) is 1.43. The first-order valence-electron chi connectivity index (χ1n) is 7.20. The van der Waals surface area contributed by atoms with Crippen molar-refractivity contribution in [3.8, 4) is 0 Å². The molecule has 0 aliphatic carbocycles. The van der Waals surface area contributed by atoms with Gasteiger partial charge in [-0.1, -0.05) is 6.07 Å². The number of fused-ring (bicyclic) bond motifs is 2. The summed E-state index contributed by atoms with van der Waals surface area (Å²) in [6.45, 7) is 0.246. The molecule has 3 heterocycles. The molecule has 0 unspecified atom stereocenters. The maximum absolute atomic E-state index is 12.5. The number of aromatic nitrogens is 4. The monoisotopic (exact) mass is 393 g/mol. The zero-order chi connectivity index (χ0) is 17.4. The molecule has 4 rings (SSSR count). The molecule has 8 nitrogen and oxygen atoms in total. The third-order valence-electron chi connectivity index (χ3n) is 3.63. The third-order valence-corrected chi connectivity index (χ3v) is 6.49. The van der Waals surface area contributed by atoms with Crippen molar-refractivity contribution in [1.29, 1.82) is 0 Å². The lowest BCUT2D eigenvalue weighted by Gasteiger charge is -2.08. The fourth-order valence-electron chi connectivity index (χ4n) is 2.43. The lowest BCUT2D eigenvalue weighted by atomic mass is 10.3. The smallest absolute Gasteiger partial charge is 0.262 e. The number of nitrogens with one attached hydrogen (secondary N) is 1. The second-order valence-electron chi connectivity index (χ2n) is 5.17. The van der Waals surface area contributed by atoms with Gasteiger partial charge in [-0.25, -0.2) is 18.1 Å². The lowest BCUT2D eigenvalue weighted by molar-refractivity contribution is 0.570. The minimum Gasteiger partial charge on any atom is -0.297 e. The minimum absolute atomic E-state index is 0.0630. The van der Waals surface area contributed by atoms with E-state index in [1.54, 1.807) is 23.6 Å². The van der Waals surface area contributed by atoms with Gasteiger partial charge in [-0.15, -0.1) is 11.3 Å². The number of rotatable bonds is 5. The summed E-state index contributed by atoms with van der Waals surface area (Å²) in [6, 6.07) is 6.53. The first-order chi connectivity index (χ1) is 12.1. The van der Waals surface area contributed by atoms with E-state index >= 15 is 0 Å². The van der Waals surface area contributed by atoms with E-state index in [1.165, 1.54) is 28.3 Å². The molecule has 1 aromatic carbocycles. The number of hydrogen-bond donors (Lipinski definition) is 1. The molecule has 0 radical (unpaired) electrons. The number of hydrogen-bond acceptors (Lipinski definition) is 8. The molecule has 0 saturated carbocycles. The van der Waals surface area contributed by atoms with Crippen LogP contribution in [0.3, 0.4) is 0 Å². The van der Waals surface area contributed by atoms with E-state index in [0.717, 1.165) is 11.7 Å². The van der Waals surface area contributed by atoms with Crippen molar-refractivity contribution in [3.05, 3.63) is 46.3 Å². The van der Waals surface area contributed by atoms with Crippen LogP contribution in [0.25, 0.3) is 21.3 Å². The summed E-state index contributed by atoms with van der Waals surface area (Å²) in [4.78, 5) is 17.2. The maximum atomic E-state index is 12.5. The number of nitrogens with zero attached hydrogens (tertiary/aromatic N) is 4. The highest BCUT2D eigenvalue weighted by atomic mass is 32.2. The van der Waals surface area contributed by atoms with E-state index in [-0.39, 0.29) is 23.5 Å². The zero-order valence-electron chi connectivity index (χ0n) is 12.6. The first kappa shape index (κ1) is 16.3. The van der Waals surface area contributed by atoms with Gasteiger partial charge in [0.1, 0.15) is 20.8 Å². The highest BCUT2D eigenvalue weighted by Gasteiger charge is 2.19. The molecule has 11 heteroatoms. The Morgan fingerprint density at radius 2 is 2.08 bits per heavy atom. The Hall–Kier alpha value is -2.21. The van der Waals surface area contributed by atoms with Crippen molar-refractivity contribution in [1.82, 2.24) is 23.0 Å². The van der Waals surface area contributed by atoms with E-state index in [1.807, 2.05) is 0 Å². The highest BCUT2D eigenvalue weighted by Crippen LogP contribution is 2.20. The van der Waals surface area contributed by atoms with Crippen molar-refractivity contribution < 1.29 is 8.42 Å². The van der Waals surface area contributed by atoms with Crippen LogP contribution in [0, 0.1) is 0 Å². The Bertz CT molecular complexity index is 1230. The van der Waals surface area contributed by atoms with Gasteiger partial charge in [-0.05, 0) is 23.6 Å². The second-order valence-corrected chi connectivity index (χ2v) is 8.33. The summed E-state index contributed by atoms with van der Waals surface area (Å²) in [7, 11) is -3.75. The Morgan fingerprint density at radius 3 is 2.96 bits per heavy atom. The average Bonchev–Trinajstić information content (AvgIpc) is 3.25. The summed E-state index contributed by atoms with van der Waals surface area (Å²) >= 11 is 2.35. The normalized spacial score (nSPS) is 12.2. The van der Waals surface area contributed by atoms with Gasteiger partial charge in [0.05, 0.1) is 23.4 Å². The molecule has 0 aliphatic rings. The van der Waals surface area contributed by atoms with E-state index in [9.17, 15) is 13.2 Å². The highest BCUT2D eigenvalue weighted by molar-refractivity contribution is 7.89. The topological polar surface area (TPSA) is 107 Å². The first-order valence-corrected chi connectivity index (χ1v) is 10.3. The Balaban J connectivity index is 1.55. The SMILES string of the molecule is O=c1c2ccsc2ncn1CCNS(=O)(=O)c1cccc2nsnc12. The van der Waals surface area contributed by atoms with Crippen molar-refractivity contribution in [2.24, 2.45) is 0 Å². The van der Waals surface area contributed by atoms with Crippen LogP contribution in [0.5, 0.6) is 0 Å². The summed E-state index contributed by atoms with van der Waals surface area (Å²) in [5, 5.41) is 2.34. The molecule has 0 fully saturated rings. The fraction of sp³-hybridized carbons (Fsp3) is 0.143. The van der Waals surface area contributed by atoms with Crippen molar-refractivity contribution in [2.75, 3.05) is 6.54 Å². The van der Waals surface area contributed by atoms with E-state index in [4.69, 9.17) is 0 Å². The van der Waals surface area contributed by atoms with Gasteiger partial charge < -0.3 is 0 Å². The van der Waals surface area contributed by atoms with Gasteiger partial charge in [0.25, 0.3) is 5.56 Å². The molecule has 25 heavy (non-hydrogen) atoms. The molecule has 3 aromatic heterocycles. The van der Waals surface area contributed by atoms with Gasteiger partial charge in [0.2, 0.25) is 10.0 Å². The fourth-order valence-corrected chi connectivity index (χ4v) is 4.94. The van der Waals surface area contributed by atoms with E-state index in [2.05, 4.69) is 18.5 Å². The molecule has 0 amide bonds. The Morgan fingerprint density at radius 1 is 1.20 bits per heavy atom. The summed E-state index contributed by atoms with van der Waals surface area (Å²) in [5.74, 6) is 0. The number of sulfonamides is 1. The van der Waals surface area contributed by atoms with Crippen LogP contribution in [-0.2, 0) is 16.6 Å². The van der Waals surface area contributed by atoms with Crippen LogP contribution in [0.2, 0.25) is 0 Å². The molecule has 1 N–H and O–H groups in total. The molecule has 0 spiro atoms. The van der Waals surface area contributed by atoms with Gasteiger partial charge >= 0.3 is 0 Å². The molecule has 0 atom stereocenters. The van der Waals surface area contributed by atoms with E-state index in [0.29, 0.717) is 21.3 Å². The summed E-state index contributed by atoms with van der Waals surface area (Å²) < 4.78 is 37.0. The summed E-state index contributed by atoms with van der Waals surface area (Å²) in [5.41, 5.74) is 0.700. The lowest BCUT2D eigenvalue weighted by Crippen LogP contribution is -2.31. The average molecular weight is 393 g/mol. The van der Waals surface area contributed by atoms with Crippen molar-refractivity contribution in [3.63, 3.8) is 0 Å². The molecule has 0 aliphatic heterocycles. The van der Waals surface area contributed by atoms with Crippen molar-refractivity contribution in [2.45, 2.75) is 11.4 Å².